The quantitative estimate of drug-likeness (QED) is 0.197. The third kappa shape index (κ3) is 6.10. The average Bonchev–Trinajstić information content (AvgIpc) is 3.48. The highest BCUT2D eigenvalue weighted by atomic mass is 32.2. The Morgan fingerprint density at radius 1 is 1.00 bits per heavy atom. The average molecular weight is 425 g/mol. The predicted molar refractivity (Wildman–Crippen MR) is 123 cm³/mol. The van der Waals surface area contributed by atoms with Crippen molar-refractivity contribution < 1.29 is 9.47 Å². The van der Waals surface area contributed by atoms with Crippen LogP contribution in [0.1, 0.15) is 44.1 Å². The van der Waals surface area contributed by atoms with Gasteiger partial charge >= 0.3 is 0 Å². The lowest BCUT2D eigenvalue weighted by Crippen LogP contribution is -2.16. The van der Waals surface area contributed by atoms with Crippen LogP contribution in [0, 0.1) is 11.8 Å². The smallest absolute Gasteiger partial charge is 0.147 e. The zero-order chi connectivity index (χ0) is 20.4. The first-order valence-electron chi connectivity index (χ1n) is 11.1. The summed E-state index contributed by atoms with van der Waals surface area (Å²) in [6, 6.07) is 16.6. The molecule has 0 amide bonds. The summed E-state index contributed by atoms with van der Waals surface area (Å²) in [5, 5.41) is 1.28. The highest BCUT2D eigenvalue weighted by Gasteiger charge is 2.24. The van der Waals surface area contributed by atoms with Crippen molar-refractivity contribution in [3.05, 3.63) is 66.5 Å². The van der Waals surface area contributed by atoms with Gasteiger partial charge in [0.15, 0.2) is 0 Å². The lowest BCUT2D eigenvalue weighted by atomic mass is 9.86. The van der Waals surface area contributed by atoms with Crippen LogP contribution in [-0.2, 0) is 16.1 Å². The van der Waals surface area contributed by atoms with Gasteiger partial charge in [-0.1, -0.05) is 62.1 Å². The molecule has 5 heteroatoms. The molecule has 0 aliphatic heterocycles. The summed E-state index contributed by atoms with van der Waals surface area (Å²) in [7, 11) is 0. The van der Waals surface area contributed by atoms with E-state index < -0.39 is 0 Å². The molecule has 0 radical (unpaired) electrons. The van der Waals surface area contributed by atoms with E-state index in [1.807, 2.05) is 36.2 Å². The van der Waals surface area contributed by atoms with Crippen LogP contribution in [0.4, 0.5) is 0 Å². The Morgan fingerprint density at radius 2 is 1.87 bits per heavy atom. The van der Waals surface area contributed by atoms with Gasteiger partial charge in [-0.25, -0.2) is 4.98 Å². The van der Waals surface area contributed by atoms with Gasteiger partial charge in [-0.2, -0.15) is 0 Å². The SMILES string of the molecule is c1ccc(COCOCCC(CCSc2cccc3nccn23)C2CCCC2)cc1. The van der Waals surface area contributed by atoms with Gasteiger partial charge in [0.05, 0.1) is 11.6 Å². The maximum atomic E-state index is 5.82. The maximum Gasteiger partial charge on any atom is 0.147 e. The minimum atomic E-state index is 0.379. The van der Waals surface area contributed by atoms with Crippen LogP contribution in [0.3, 0.4) is 0 Å². The van der Waals surface area contributed by atoms with Crippen molar-refractivity contribution in [3.63, 3.8) is 0 Å². The van der Waals surface area contributed by atoms with Crippen LogP contribution in [0.25, 0.3) is 5.65 Å². The van der Waals surface area contributed by atoms with E-state index in [9.17, 15) is 0 Å². The summed E-state index contributed by atoms with van der Waals surface area (Å²) < 4.78 is 13.7. The molecule has 3 aromatic rings. The number of aromatic nitrogens is 2. The van der Waals surface area contributed by atoms with Crippen LogP contribution in [0.15, 0.2) is 66.0 Å². The molecule has 1 aliphatic rings. The van der Waals surface area contributed by atoms with Gasteiger partial charge in [-0.15, -0.1) is 11.8 Å². The summed E-state index contributed by atoms with van der Waals surface area (Å²) in [5.41, 5.74) is 2.21. The number of rotatable bonds is 12. The number of ether oxygens (including phenoxy) is 2. The molecule has 0 spiro atoms. The van der Waals surface area contributed by atoms with E-state index in [1.54, 1.807) is 0 Å². The second-order valence-electron chi connectivity index (χ2n) is 8.11. The summed E-state index contributed by atoms with van der Waals surface area (Å²) in [6.07, 6.45) is 11.9. The van der Waals surface area contributed by atoms with Crippen LogP contribution in [0.5, 0.6) is 0 Å². The number of fused-ring (bicyclic) bond motifs is 1. The van der Waals surface area contributed by atoms with E-state index in [1.165, 1.54) is 42.7 Å². The third-order valence-electron chi connectivity index (χ3n) is 6.11. The van der Waals surface area contributed by atoms with Gasteiger partial charge in [0.2, 0.25) is 0 Å². The molecular formula is C25H32N2O2S. The van der Waals surface area contributed by atoms with Gasteiger partial charge in [0.1, 0.15) is 12.4 Å². The molecule has 1 fully saturated rings. The van der Waals surface area contributed by atoms with Gasteiger partial charge in [0, 0.05) is 19.0 Å². The maximum absolute atomic E-state index is 5.82. The lowest BCUT2D eigenvalue weighted by Gasteiger charge is -2.23. The van der Waals surface area contributed by atoms with Crippen molar-refractivity contribution >= 4 is 17.4 Å². The Labute approximate surface area is 184 Å². The highest BCUT2D eigenvalue weighted by Crippen LogP contribution is 2.36. The molecule has 0 N–H and O–H groups in total. The fourth-order valence-electron chi connectivity index (χ4n) is 4.48. The standard InChI is InChI=1S/C25H32N2O2S/c1-2-7-21(8-3-1)19-29-20-28-17-13-23(22-9-4-5-10-22)14-18-30-25-12-6-11-24-26-15-16-27(24)25/h1-3,6-8,11-12,15-16,22-23H,4-5,9-10,13-14,17-20H2. The minimum absolute atomic E-state index is 0.379. The van der Waals surface area contributed by atoms with Crippen molar-refractivity contribution in [2.75, 3.05) is 19.2 Å². The molecule has 1 atom stereocenters. The molecule has 0 saturated heterocycles. The van der Waals surface area contributed by atoms with Gasteiger partial charge < -0.3 is 9.47 Å². The first-order chi connectivity index (χ1) is 14.9. The van der Waals surface area contributed by atoms with Crippen molar-refractivity contribution in [3.8, 4) is 0 Å². The van der Waals surface area contributed by atoms with E-state index in [2.05, 4.69) is 45.9 Å². The molecule has 1 saturated carbocycles. The second-order valence-corrected chi connectivity index (χ2v) is 9.23. The number of benzene rings is 1. The highest BCUT2D eigenvalue weighted by molar-refractivity contribution is 7.99. The Balaban J connectivity index is 1.19. The van der Waals surface area contributed by atoms with Crippen LogP contribution in [-0.4, -0.2) is 28.5 Å². The monoisotopic (exact) mass is 424 g/mol. The molecule has 1 unspecified atom stereocenters. The Hall–Kier alpha value is -1.82. The van der Waals surface area contributed by atoms with E-state index >= 15 is 0 Å². The normalized spacial score (nSPS) is 15.7. The summed E-state index contributed by atoms with van der Waals surface area (Å²) in [6.45, 7) is 1.78. The zero-order valence-corrected chi connectivity index (χ0v) is 18.4. The van der Waals surface area contributed by atoms with Crippen LogP contribution in [0.2, 0.25) is 0 Å². The summed E-state index contributed by atoms with van der Waals surface area (Å²) in [5.74, 6) is 2.75. The van der Waals surface area contributed by atoms with Gasteiger partial charge in [0.25, 0.3) is 0 Å². The number of thioether (sulfide) groups is 1. The van der Waals surface area contributed by atoms with Crippen molar-refractivity contribution in [2.24, 2.45) is 11.8 Å². The molecule has 4 rings (SSSR count). The number of pyridine rings is 1. The van der Waals surface area contributed by atoms with Crippen molar-refractivity contribution in [1.29, 1.82) is 0 Å². The first-order valence-corrected chi connectivity index (χ1v) is 12.1. The molecule has 2 aromatic heterocycles. The van der Waals surface area contributed by atoms with E-state index in [0.29, 0.717) is 13.4 Å². The number of hydrogen-bond acceptors (Lipinski definition) is 4. The number of imidazole rings is 1. The Morgan fingerprint density at radius 3 is 2.73 bits per heavy atom. The van der Waals surface area contributed by atoms with Gasteiger partial charge in [-0.05, 0) is 48.1 Å². The van der Waals surface area contributed by atoms with Crippen molar-refractivity contribution in [2.45, 2.75) is 50.2 Å². The van der Waals surface area contributed by atoms with Crippen molar-refractivity contribution in [1.82, 2.24) is 9.38 Å². The predicted octanol–water partition coefficient (Wildman–Crippen LogP) is 6.20. The molecule has 160 valence electrons. The molecule has 4 nitrogen and oxygen atoms in total. The van der Waals surface area contributed by atoms with E-state index in [0.717, 1.165) is 36.3 Å². The van der Waals surface area contributed by atoms with Crippen LogP contribution < -0.4 is 0 Å². The number of nitrogens with zero attached hydrogens (tertiary/aromatic N) is 2. The largest absolute Gasteiger partial charge is 0.355 e. The molecular weight excluding hydrogens is 392 g/mol. The molecule has 1 aromatic carbocycles. The Kier molecular flexibility index (Phi) is 8.24. The number of hydrogen-bond donors (Lipinski definition) is 0. The molecule has 0 bridgehead atoms. The van der Waals surface area contributed by atoms with Crippen LogP contribution >= 0.6 is 11.8 Å². The van der Waals surface area contributed by atoms with E-state index in [4.69, 9.17) is 9.47 Å². The molecule has 30 heavy (non-hydrogen) atoms. The molecule has 2 heterocycles. The lowest BCUT2D eigenvalue weighted by molar-refractivity contribution is -0.0658. The fourth-order valence-corrected chi connectivity index (χ4v) is 5.58. The molecule has 1 aliphatic carbocycles. The zero-order valence-electron chi connectivity index (χ0n) is 17.6. The third-order valence-corrected chi connectivity index (χ3v) is 7.18. The minimum Gasteiger partial charge on any atom is -0.355 e. The summed E-state index contributed by atoms with van der Waals surface area (Å²) in [4.78, 5) is 4.39. The Bertz CT molecular complexity index is 877. The summed E-state index contributed by atoms with van der Waals surface area (Å²) >= 11 is 1.94. The van der Waals surface area contributed by atoms with Gasteiger partial charge in [-0.3, -0.25) is 4.40 Å². The first kappa shape index (κ1) is 21.4. The topological polar surface area (TPSA) is 35.8 Å². The van der Waals surface area contributed by atoms with E-state index in [-0.39, 0.29) is 0 Å². The fraction of sp³-hybridized carbons (Fsp3) is 0.480. The second kappa shape index (κ2) is 11.5.